The van der Waals surface area contributed by atoms with E-state index >= 15 is 0 Å². The zero-order chi connectivity index (χ0) is 20.9. The molecule has 1 aromatic heterocycles. The first kappa shape index (κ1) is 19.5. The van der Waals surface area contributed by atoms with E-state index in [0.717, 1.165) is 5.56 Å². The number of carbonyl (C=O) groups is 2. The Balaban J connectivity index is 1.90. The first-order chi connectivity index (χ1) is 13.8. The summed E-state index contributed by atoms with van der Waals surface area (Å²) in [5.74, 6) is -0.385. The summed E-state index contributed by atoms with van der Waals surface area (Å²) in [6.45, 7) is 4.19. The second kappa shape index (κ2) is 7.22. The van der Waals surface area contributed by atoms with Gasteiger partial charge in [0.15, 0.2) is 11.4 Å². The maximum Gasteiger partial charge on any atom is 0.340 e. The molecule has 0 bridgehead atoms. The average molecular weight is 461 g/mol. The molecule has 0 spiro atoms. The van der Waals surface area contributed by atoms with Crippen LogP contribution in [0.3, 0.4) is 0 Å². The van der Waals surface area contributed by atoms with Gasteiger partial charge in [-0.2, -0.15) is 0 Å². The van der Waals surface area contributed by atoms with E-state index in [9.17, 15) is 14.4 Å². The SMILES string of the molecule is CC(C)N1CN2C(=O)N(C)Cc3c(Br)c(=O)c(OCc4ccccc4)c(n32)C1=O. The molecule has 0 aliphatic carbocycles. The molecule has 8 nitrogen and oxygen atoms in total. The standard InChI is InChI=1S/C20H21BrN4O4/c1-12(2)23-11-24-20(28)22(3)9-14-15(21)17(26)18(16(19(23)27)25(14)24)29-10-13-7-5-4-6-8-13/h4-8,12H,9-11H2,1-3H3. The summed E-state index contributed by atoms with van der Waals surface area (Å²) < 4.78 is 7.70. The number of rotatable bonds is 4. The van der Waals surface area contributed by atoms with Crippen LogP contribution < -0.4 is 15.2 Å². The molecule has 3 heterocycles. The Hall–Kier alpha value is -2.81. The Morgan fingerprint density at radius 2 is 1.83 bits per heavy atom. The molecule has 4 rings (SSSR count). The number of amides is 3. The highest BCUT2D eigenvalue weighted by atomic mass is 79.9. The van der Waals surface area contributed by atoms with E-state index < -0.39 is 5.43 Å². The van der Waals surface area contributed by atoms with E-state index in [1.54, 1.807) is 11.9 Å². The van der Waals surface area contributed by atoms with Crippen molar-refractivity contribution in [1.82, 2.24) is 14.5 Å². The zero-order valence-electron chi connectivity index (χ0n) is 16.4. The second-order valence-corrected chi connectivity index (χ2v) is 8.19. The number of aromatic nitrogens is 1. The highest BCUT2D eigenvalue weighted by molar-refractivity contribution is 9.10. The number of nitrogens with zero attached hydrogens (tertiary/aromatic N) is 4. The van der Waals surface area contributed by atoms with Gasteiger partial charge >= 0.3 is 6.03 Å². The van der Waals surface area contributed by atoms with Crippen molar-refractivity contribution in [3.63, 3.8) is 0 Å². The third-order valence-electron chi connectivity index (χ3n) is 5.12. The number of urea groups is 1. The van der Waals surface area contributed by atoms with Gasteiger partial charge in [-0.3, -0.25) is 9.59 Å². The maximum atomic E-state index is 13.3. The topological polar surface area (TPSA) is 75.1 Å². The van der Waals surface area contributed by atoms with Crippen molar-refractivity contribution >= 4 is 27.9 Å². The van der Waals surface area contributed by atoms with Crippen LogP contribution in [0.25, 0.3) is 0 Å². The minimum Gasteiger partial charge on any atom is -0.482 e. The van der Waals surface area contributed by atoms with Crippen LogP contribution in [0, 0.1) is 0 Å². The van der Waals surface area contributed by atoms with Crippen molar-refractivity contribution in [3.05, 3.63) is 62.0 Å². The Labute approximate surface area is 176 Å². The quantitative estimate of drug-likeness (QED) is 0.702. The Bertz CT molecular complexity index is 1050. The van der Waals surface area contributed by atoms with Gasteiger partial charge in [-0.15, -0.1) is 0 Å². The van der Waals surface area contributed by atoms with Crippen LogP contribution in [-0.2, 0) is 13.2 Å². The van der Waals surface area contributed by atoms with E-state index in [0.29, 0.717) is 10.2 Å². The highest BCUT2D eigenvalue weighted by Crippen LogP contribution is 2.32. The van der Waals surface area contributed by atoms with E-state index in [-0.39, 0.29) is 49.2 Å². The summed E-state index contributed by atoms with van der Waals surface area (Å²) in [5.41, 5.74) is 1.11. The number of benzene rings is 1. The van der Waals surface area contributed by atoms with Gasteiger partial charge in [0.25, 0.3) is 5.91 Å². The summed E-state index contributed by atoms with van der Waals surface area (Å²) in [6.07, 6.45) is 0. The minimum absolute atomic E-state index is 0.0535. The van der Waals surface area contributed by atoms with Crippen molar-refractivity contribution in [2.45, 2.75) is 33.0 Å². The molecule has 2 aliphatic rings. The van der Waals surface area contributed by atoms with Crippen molar-refractivity contribution in [2.24, 2.45) is 0 Å². The summed E-state index contributed by atoms with van der Waals surface area (Å²) in [5, 5.41) is 1.47. The molecule has 3 amide bonds. The number of hydrogen-bond donors (Lipinski definition) is 0. The van der Waals surface area contributed by atoms with E-state index in [1.165, 1.54) is 14.6 Å². The average Bonchev–Trinajstić information content (AvgIpc) is 2.70. The second-order valence-electron chi connectivity index (χ2n) is 7.40. The summed E-state index contributed by atoms with van der Waals surface area (Å²) in [7, 11) is 1.67. The molecule has 29 heavy (non-hydrogen) atoms. The van der Waals surface area contributed by atoms with E-state index in [2.05, 4.69) is 15.9 Å². The minimum atomic E-state index is -0.399. The van der Waals surface area contributed by atoms with Gasteiger partial charge < -0.3 is 14.5 Å². The van der Waals surface area contributed by atoms with Crippen molar-refractivity contribution in [1.29, 1.82) is 0 Å². The van der Waals surface area contributed by atoms with Gasteiger partial charge in [-0.25, -0.2) is 14.5 Å². The highest BCUT2D eigenvalue weighted by Gasteiger charge is 2.43. The fourth-order valence-corrected chi connectivity index (χ4v) is 4.03. The third-order valence-corrected chi connectivity index (χ3v) is 5.93. The lowest BCUT2D eigenvalue weighted by atomic mass is 10.1. The van der Waals surface area contributed by atoms with Crippen LogP contribution in [0.15, 0.2) is 39.6 Å². The molecule has 9 heteroatoms. The van der Waals surface area contributed by atoms with Crippen molar-refractivity contribution < 1.29 is 14.3 Å². The van der Waals surface area contributed by atoms with Gasteiger partial charge in [0.05, 0.1) is 16.7 Å². The van der Waals surface area contributed by atoms with Crippen LogP contribution in [0.2, 0.25) is 0 Å². The van der Waals surface area contributed by atoms with E-state index in [4.69, 9.17) is 4.74 Å². The zero-order valence-corrected chi connectivity index (χ0v) is 18.0. The molecule has 0 saturated heterocycles. The first-order valence-corrected chi connectivity index (χ1v) is 10.1. The number of hydrogen-bond acceptors (Lipinski definition) is 4. The third kappa shape index (κ3) is 3.09. The number of carbonyl (C=O) groups excluding carboxylic acids is 2. The Kier molecular flexibility index (Phi) is 4.85. The van der Waals surface area contributed by atoms with Gasteiger partial charge in [0, 0.05) is 13.1 Å². The van der Waals surface area contributed by atoms with Crippen LogP contribution in [0.5, 0.6) is 5.75 Å². The van der Waals surface area contributed by atoms with Gasteiger partial charge in [-0.05, 0) is 35.3 Å². The molecule has 0 fully saturated rings. The van der Waals surface area contributed by atoms with Crippen LogP contribution >= 0.6 is 15.9 Å². The van der Waals surface area contributed by atoms with Crippen molar-refractivity contribution in [2.75, 3.05) is 18.7 Å². The molecule has 152 valence electrons. The molecule has 0 N–H and O–H groups in total. The first-order valence-electron chi connectivity index (χ1n) is 9.29. The smallest absolute Gasteiger partial charge is 0.340 e. The largest absolute Gasteiger partial charge is 0.482 e. The monoisotopic (exact) mass is 460 g/mol. The van der Waals surface area contributed by atoms with Gasteiger partial charge in [-0.1, -0.05) is 30.3 Å². The van der Waals surface area contributed by atoms with Crippen LogP contribution in [0.4, 0.5) is 4.79 Å². The molecule has 0 unspecified atom stereocenters. The van der Waals surface area contributed by atoms with Gasteiger partial charge in [0.1, 0.15) is 13.3 Å². The summed E-state index contributed by atoms with van der Waals surface area (Å²) in [6, 6.07) is 9.00. The number of ether oxygens (including phenoxy) is 1. The fourth-order valence-electron chi connectivity index (χ4n) is 3.56. The molecular weight excluding hydrogens is 440 g/mol. The van der Waals surface area contributed by atoms with Gasteiger partial charge in [0.2, 0.25) is 5.43 Å². The van der Waals surface area contributed by atoms with Crippen LogP contribution in [-0.4, -0.2) is 46.2 Å². The summed E-state index contributed by atoms with van der Waals surface area (Å²) in [4.78, 5) is 42.3. The van der Waals surface area contributed by atoms with Crippen LogP contribution in [0.1, 0.15) is 35.6 Å². The molecule has 0 saturated carbocycles. The lowest BCUT2D eigenvalue weighted by Gasteiger charge is -2.45. The molecular formula is C20H21BrN4O4. The molecule has 0 atom stereocenters. The van der Waals surface area contributed by atoms with E-state index in [1.807, 2.05) is 44.2 Å². The fraction of sp³-hybridized carbons (Fsp3) is 0.350. The molecule has 1 aromatic carbocycles. The molecule has 0 radical (unpaired) electrons. The Morgan fingerprint density at radius 1 is 1.14 bits per heavy atom. The lowest BCUT2D eigenvalue weighted by Crippen LogP contribution is -2.63. The molecule has 2 aliphatic heterocycles. The number of pyridine rings is 1. The predicted molar refractivity (Wildman–Crippen MR) is 110 cm³/mol. The Morgan fingerprint density at radius 3 is 2.48 bits per heavy atom. The number of halogens is 1. The predicted octanol–water partition coefficient (Wildman–Crippen LogP) is 2.51. The van der Waals surface area contributed by atoms with Crippen molar-refractivity contribution in [3.8, 4) is 5.75 Å². The maximum absolute atomic E-state index is 13.3. The normalized spacial score (nSPS) is 15.8. The molecule has 2 aromatic rings. The lowest BCUT2D eigenvalue weighted by molar-refractivity contribution is 0.0616. The summed E-state index contributed by atoms with van der Waals surface area (Å²) >= 11 is 3.37.